The fraction of sp³-hybridized carbons (Fsp3) is 0.0952. The number of benzene rings is 7. The van der Waals surface area contributed by atoms with Crippen LogP contribution in [0, 0.1) is 27.7 Å². The van der Waals surface area contributed by atoms with E-state index in [-0.39, 0.29) is 0 Å². The van der Waals surface area contributed by atoms with Gasteiger partial charge in [0, 0.05) is 16.1 Å². The molecule has 1 aromatic heterocycles. The van der Waals surface area contributed by atoms with Crippen molar-refractivity contribution in [1.29, 1.82) is 0 Å². The topological polar surface area (TPSA) is 35.5 Å². The number of fused-ring (bicyclic) bond motifs is 5. The highest BCUT2D eigenvalue weighted by atomic mass is 31.1. The highest BCUT2D eigenvalue weighted by Crippen LogP contribution is 2.44. The normalized spacial score (nSPS) is 11.6. The van der Waals surface area contributed by atoms with Gasteiger partial charge in [-0.1, -0.05) is 115 Å². The first-order valence-corrected chi connectivity index (χ1v) is 18.3. The summed E-state index contributed by atoms with van der Waals surface area (Å²) in [5.41, 5.74) is 6.38. The van der Waals surface area contributed by atoms with Gasteiger partial charge in [0.05, 0.1) is 0 Å². The molecule has 0 aliphatic rings. The molecule has 8 rings (SSSR count). The van der Waals surface area contributed by atoms with Gasteiger partial charge in [-0.15, -0.1) is 0 Å². The van der Waals surface area contributed by atoms with Crippen LogP contribution in [0.5, 0.6) is 5.75 Å². The minimum Gasteiger partial charge on any atom is -0.390 e. The minimum absolute atomic E-state index is 0.767. The van der Waals surface area contributed by atoms with E-state index < -0.39 is 16.2 Å². The van der Waals surface area contributed by atoms with Crippen LogP contribution in [-0.4, -0.2) is 0 Å². The van der Waals surface area contributed by atoms with Gasteiger partial charge in [-0.3, -0.25) is 0 Å². The van der Waals surface area contributed by atoms with Gasteiger partial charge in [0.2, 0.25) is 0 Å². The average Bonchev–Trinajstić information content (AvgIpc) is 3.26. The summed E-state index contributed by atoms with van der Waals surface area (Å²) >= 11 is 0. The first-order valence-electron chi connectivity index (χ1n) is 15.9. The van der Waals surface area contributed by atoms with Crippen molar-refractivity contribution >= 4 is 75.6 Å². The first kappa shape index (κ1) is 29.6. The van der Waals surface area contributed by atoms with Crippen molar-refractivity contribution in [1.82, 2.24) is 0 Å². The SMILES string of the molecule is Cc1ccc2op(Oc3ccccc3P(c3cccc4ccccc34)c3cccc4ccccc34)oc3ccc(C)c(C)c3c2c1C. The van der Waals surface area contributed by atoms with Crippen molar-refractivity contribution in [3.8, 4) is 5.75 Å². The molecule has 0 bridgehead atoms. The van der Waals surface area contributed by atoms with Crippen LogP contribution < -0.4 is 20.4 Å². The first-order chi connectivity index (χ1) is 23.0. The molecule has 0 aliphatic heterocycles. The highest BCUT2D eigenvalue weighted by molar-refractivity contribution is 7.80. The Bertz CT molecular complexity index is 2350. The zero-order chi connectivity index (χ0) is 32.1. The second kappa shape index (κ2) is 12.1. The number of hydrogen-bond acceptors (Lipinski definition) is 3. The molecule has 3 nitrogen and oxygen atoms in total. The van der Waals surface area contributed by atoms with E-state index in [1.807, 2.05) is 6.07 Å². The third-order valence-electron chi connectivity index (χ3n) is 9.29. The standard InChI is InChI=1S/C42H34O3P2/c1-27-23-25-36-41(29(27)3)42-30(4)28(2)24-26-37(42)45-47(44-36)43-35-19-9-10-20-40(35)46(38-21-11-15-31-13-5-7-17-33(31)38)39-22-12-16-32-14-6-8-18-34(32)39/h5-26H,1-4H3. The van der Waals surface area contributed by atoms with Gasteiger partial charge >= 0.3 is 8.24 Å². The zero-order valence-corrected chi connectivity index (χ0v) is 28.6. The molecule has 0 N–H and O–H groups in total. The summed E-state index contributed by atoms with van der Waals surface area (Å²) in [7, 11) is -2.88. The van der Waals surface area contributed by atoms with E-state index in [9.17, 15) is 0 Å². The van der Waals surface area contributed by atoms with Crippen molar-refractivity contribution < 1.29 is 12.9 Å². The number of rotatable bonds is 5. The fourth-order valence-electron chi connectivity index (χ4n) is 6.57. The van der Waals surface area contributed by atoms with Crippen LogP contribution >= 0.6 is 16.2 Å². The molecule has 0 atom stereocenters. The zero-order valence-electron chi connectivity index (χ0n) is 26.8. The summed E-state index contributed by atoms with van der Waals surface area (Å²) in [4.78, 5) is 0. The highest BCUT2D eigenvalue weighted by Gasteiger charge is 2.25. The molecule has 0 unspecified atom stereocenters. The molecule has 0 fully saturated rings. The summed E-state index contributed by atoms with van der Waals surface area (Å²) in [5.74, 6) is 0.767. The van der Waals surface area contributed by atoms with E-state index in [1.54, 1.807) is 0 Å². The maximum atomic E-state index is 6.91. The largest absolute Gasteiger partial charge is 0.453 e. The maximum absolute atomic E-state index is 6.91. The van der Waals surface area contributed by atoms with Crippen LogP contribution in [0.4, 0.5) is 0 Å². The Morgan fingerprint density at radius 3 is 1.47 bits per heavy atom. The van der Waals surface area contributed by atoms with Crippen molar-refractivity contribution in [2.45, 2.75) is 27.7 Å². The third-order valence-corrected chi connectivity index (χ3v) is 12.9. The van der Waals surface area contributed by atoms with E-state index in [2.05, 4.69) is 155 Å². The van der Waals surface area contributed by atoms with Gasteiger partial charge in [-0.2, -0.15) is 0 Å². The van der Waals surface area contributed by atoms with Crippen LogP contribution in [-0.2, 0) is 0 Å². The summed E-state index contributed by atoms with van der Waals surface area (Å²) < 4.78 is 20.3. The molecule has 5 heteroatoms. The van der Waals surface area contributed by atoms with Crippen molar-refractivity contribution in [3.05, 3.63) is 156 Å². The summed E-state index contributed by atoms with van der Waals surface area (Å²) in [6.07, 6.45) is 0. The van der Waals surface area contributed by atoms with Crippen LogP contribution in [0.1, 0.15) is 22.3 Å². The molecule has 47 heavy (non-hydrogen) atoms. The van der Waals surface area contributed by atoms with Gasteiger partial charge < -0.3 is 12.9 Å². The number of para-hydroxylation sites is 1. The molecular formula is C42H34O3P2. The monoisotopic (exact) mass is 648 g/mol. The minimum atomic E-state index is -1.83. The average molecular weight is 649 g/mol. The van der Waals surface area contributed by atoms with Crippen LogP contribution in [0.25, 0.3) is 43.5 Å². The molecule has 0 saturated carbocycles. The Morgan fingerprint density at radius 1 is 0.468 bits per heavy atom. The van der Waals surface area contributed by atoms with E-state index in [1.165, 1.54) is 54.4 Å². The molecular weight excluding hydrogens is 614 g/mol. The van der Waals surface area contributed by atoms with Crippen molar-refractivity contribution in [3.63, 3.8) is 0 Å². The Balaban J connectivity index is 1.39. The molecule has 0 aliphatic carbocycles. The Morgan fingerprint density at radius 2 is 0.915 bits per heavy atom. The Labute approximate surface area is 276 Å². The van der Waals surface area contributed by atoms with Gasteiger partial charge in [0.25, 0.3) is 0 Å². The lowest BCUT2D eigenvalue weighted by Gasteiger charge is -2.24. The lowest BCUT2D eigenvalue weighted by molar-refractivity contribution is 0.500. The number of aryl methyl sites for hydroxylation is 4. The van der Waals surface area contributed by atoms with Crippen molar-refractivity contribution in [2.24, 2.45) is 0 Å². The van der Waals surface area contributed by atoms with E-state index in [0.717, 1.165) is 33.0 Å². The second-order valence-electron chi connectivity index (χ2n) is 12.1. The lowest BCUT2D eigenvalue weighted by Crippen LogP contribution is -2.23. The molecule has 8 aromatic rings. The maximum Gasteiger partial charge on any atom is 0.453 e. The molecule has 0 radical (unpaired) electrons. The Hall–Kier alpha value is -4.81. The molecule has 1 heterocycles. The molecule has 7 aromatic carbocycles. The van der Waals surface area contributed by atoms with Crippen LogP contribution in [0.15, 0.2) is 142 Å². The second-order valence-corrected chi connectivity index (χ2v) is 15.2. The summed E-state index contributed by atoms with van der Waals surface area (Å²) in [6, 6.07) is 47.4. The Kier molecular flexibility index (Phi) is 7.61. The quantitative estimate of drug-likeness (QED) is 0.174. The van der Waals surface area contributed by atoms with Gasteiger partial charge in [-0.05, 0) is 108 Å². The summed E-state index contributed by atoms with van der Waals surface area (Å²) in [6.45, 7) is 8.61. The van der Waals surface area contributed by atoms with Gasteiger partial charge in [0.15, 0.2) is 0 Å². The predicted molar refractivity (Wildman–Crippen MR) is 201 cm³/mol. The molecule has 0 saturated heterocycles. The smallest absolute Gasteiger partial charge is 0.390 e. The number of hydrogen-bond donors (Lipinski definition) is 0. The summed E-state index contributed by atoms with van der Waals surface area (Å²) in [5, 5.41) is 10.8. The van der Waals surface area contributed by atoms with E-state index >= 15 is 0 Å². The van der Waals surface area contributed by atoms with Crippen LogP contribution in [0.2, 0.25) is 0 Å². The van der Waals surface area contributed by atoms with Crippen LogP contribution in [0.3, 0.4) is 0 Å². The lowest BCUT2D eigenvalue weighted by atomic mass is 9.97. The van der Waals surface area contributed by atoms with Gasteiger partial charge in [-0.25, -0.2) is 0 Å². The van der Waals surface area contributed by atoms with E-state index in [4.69, 9.17) is 12.9 Å². The molecule has 0 spiro atoms. The van der Waals surface area contributed by atoms with E-state index in [0.29, 0.717) is 0 Å². The molecule has 230 valence electrons. The fourth-order valence-corrected chi connectivity index (χ4v) is 10.4. The predicted octanol–water partition coefficient (Wildman–Crippen LogP) is 11.4. The van der Waals surface area contributed by atoms with Crippen molar-refractivity contribution in [2.75, 3.05) is 0 Å². The van der Waals surface area contributed by atoms with Gasteiger partial charge in [0.1, 0.15) is 16.9 Å². The third kappa shape index (κ3) is 5.21. The molecule has 0 amide bonds.